The van der Waals surface area contributed by atoms with E-state index in [4.69, 9.17) is 0 Å². The Hall–Kier alpha value is -2.74. The summed E-state index contributed by atoms with van der Waals surface area (Å²) in [7, 11) is -1.49. The Morgan fingerprint density at radius 1 is 1.03 bits per heavy atom. The lowest BCUT2D eigenvalue weighted by Gasteiger charge is -2.32. The highest BCUT2D eigenvalue weighted by Crippen LogP contribution is 2.26. The molecule has 2 saturated heterocycles. The Bertz CT molecular complexity index is 1120. The Kier molecular flexibility index (Phi) is 5.60. The number of hydrogen-bond donors (Lipinski definition) is 1. The van der Waals surface area contributed by atoms with Crippen LogP contribution in [0.1, 0.15) is 18.4 Å². The minimum atomic E-state index is -3.52. The summed E-state index contributed by atoms with van der Waals surface area (Å²) in [5.41, 5.74) is 0.224. The monoisotopic (exact) mass is 428 g/mol. The van der Waals surface area contributed by atoms with Crippen molar-refractivity contribution in [3.8, 4) is 17.3 Å². The Morgan fingerprint density at radius 3 is 2.27 bits per heavy atom. The third-order valence-electron chi connectivity index (χ3n) is 5.65. The lowest BCUT2D eigenvalue weighted by Crippen LogP contribution is -2.45. The van der Waals surface area contributed by atoms with Crippen LogP contribution < -0.4 is 10.5 Å². The van der Waals surface area contributed by atoms with Gasteiger partial charge in [0.2, 0.25) is 16.0 Å². The van der Waals surface area contributed by atoms with Gasteiger partial charge in [0.05, 0.1) is 10.6 Å². The van der Waals surface area contributed by atoms with Gasteiger partial charge in [-0.2, -0.15) is 9.57 Å². The summed E-state index contributed by atoms with van der Waals surface area (Å²) in [5, 5.41) is 9.49. The molecule has 0 unspecified atom stereocenters. The summed E-state index contributed by atoms with van der Waals surface area (Å²) in [4.78, 5) is 24.2. The van der Waals surface area contributed by atoms with Crippen molar-refractivity contribution in [2.75, 3.05) is 51.2 Å². The molecule has 10 heteroatoms. The first kappa shape index (κ1) is 20.5. The maximum absolute atomic E-state index is 12.7. The Labute approximate surface area is 175 Å². The molecule has 4 rings (SSSR count). The van der Waals surface area contributed by atoms with E-state index in [0.717, 1.165) is 39.0 Å². The normalized spacial score (nSPS) is 18.5. The highest BCUT2D eigenvalue weighted by atomic mass is 32.2. The average Bonchev–Trinajstić information content (AvgIpc) is 3.30. The lowest BCUT2D eigenvalue weighted by molar-refractivity contribution is 0.311. The summed E-state index contributed by atoms with van der Waals surface area (Å²) >= 11 is 0. The van der Waals surface area contributed by atoms with Crippen LogP contribution in [0.5, 0.6) is 0 Å². The van der Waals surface area contributed by atoms with E-state index in [1.165, 1.54) is 16.4 Å². The van der Waals surface area contributed by atoms with Crippen LogP contribution in [0, 0.1) is 11.3 Å². The third kappa shape index (κ3) is 3.84. The number of hydrogen-bond acceptors (Lipinski definition) is 7. The molecule has 0 saturated carbocycles. The fraction of sp³-hybridized carbons (Fsp3) is 0.450. The van der Waals surface area contributed by atoms with Gasteiger partial charge in [0.1, 0.15) is 11.6 Å². The highest BCUT2D eigenvalue weighted by Gasteiger charge is 2.27. The van der Waals surface area contributed by atoms with Crippen LogP contribution in [0.2, 0.25) is 0 Å². The zero-order valence-corrected chi connectivity index (χ0v) is 17.7. The molecule has 2 aliphatic rings. The Balaban J connectivity index is 1.69. The number of likely N-dealkylation sites (N-methyl/N-ethyl adjacent to an activating group) is 1. The largest absolute Gasteiger partial charge is 0.340 e. The van der Waals surface area contributed by atoms with Gasteiger partial charge in [-0.25, -0.2) is 13.4 Å². The topological polar surface area (TPSA) is 113 Å². The smallest absolute Gasteiger partial charge is 0.270 e. The van der Waals surface area contributed by atoms with Gasteiger partial charge < -0.3 is 9.80 Å². The van der Waals surface area contributed by atoms with E-state index in [1.807, 2.05) is 18.0 Å². The number of sulfonamides is 1. The second-order valence-corrected chi connectivity index (χ2v) is 9.59. The van der Waals surface area contributed by atoms with Crippen molar-refractivity contribution in [3.05, 3.63) is 40.2 Å². The van der Waals surface area contributed by atoms with Gasteiger partial charge in [-0.05, 0) is 32.0 Å². The number of anilines is 1. The van der Waals surface area contributed by atoms with Crippen LogP contribution in [-0.4, -0.2) is 73.9 Å². The summed E-state index contributed by atoms with van der Waals surface area (Å²) in [6, 6.07) is 8.18. The highest BCUT2D eigenvalue weighted by molar-refractivity contribution is 7.89. The third-order valence-corrected chi connectivity index (χ3v) is 7.56. The Morgan fingerprint density at radius 2 is 1.67 bits per heavy atom. The van der Waals surface area contributed by atoms with E-state index in [0.29, 0.717) is 24.6 Å². The van der Waals surface area contributed by atoms with Crippen LogP contribution in [0.4, 0.5) is 5.95 Å². The molecular weight excluding hydrogens is 404 g/mol. The zero-order chi connectivity index (χ0) is 21.3. The van der Waals surface area contributed by atoms with E-state index in [1.54, 1.807) is 12.1 Å². The first-order valence-corrected chi connectivity index (χ1v) is 11.4. The summed E-state index contributed by atoms with van der Waals surface area (Å²) in [6.45, 7) is 4.21. The van der Waals surface area contributed by atoms with Gasteiger partial charge in [-0.15, -0.1) is 0 Å². The minimum Gasteiger partial charge on any atom is -0.340 e. The molecule has 0 radical (unpaired) electrons. The molecule has 0 aliphatic carbocycles. The minimum absolute atomic E-state index is 0.0805. The molecule has 0 spiro atoms. The van der Waals surface area contributed by atoms with Gasteiger partial charge in [0.15, 0.2) is 0 Å². The maximum atomic E-state index is 12.7. The van der Waals surface area contributed by atoms with Crippen molar-refractivity contribution in [1.29, 1.82) is 5.26 Å². The quantitative estimate of drug-likeness (QED) is 0.768. The van der Waals surface area contributed by atoms with Gasteiger partial charge in [-0.1, -0.05) is 12.1 Å². The zero-order valence-electron chi connectivity index (χ0n) is 16.8. The van der Waals surface area contributed by atoms with Crippen molar-refractivity contribution < 1.29 is 8.42 Å². The van der Waals surface area contributed by atoms with E-state index in [9.17, 15) is 18.5 Å². The second kappa shape index (κ2) is 8.18. The van der Waals surface area contributed by atoms with E-state index >= 15 is 0 Å². The summed E-state index contributed by atoms with van der Waals surface area (Å²) < 4.78 is 27.0. The lowest BCUT2D eigenvalue weighted by atomic mass is 10.1. The molecule has 0 bridgehead atoms. The molecule has 9 nitrogen and oxygen atoms in total. The first-order valence-electron chi connectivity index (χ1n) is 9.98. The average molecular weight is 429 g/mol. The van der Waals surface area contributed by atoms with Gasteiger partial charge in [-0.3, -0.25) is 9.78 Å². The number of aromatic amines is 1. The summed E-state index contributed by atoms with van der Waals surface area (Å²) in [5.74, 6) is 0.427. The van der Waals surface area contributed by atoms with Crippen molar-refractivity contribution in [2.45, 2.75) is 17.7 Å². The van der Waals surface area contributed by atoms with E-state index in [2.05, 4.69) is 14.9 Å². The predicted molar refractivity (Wildman–Crippen MR) is 113 cm³/mol. The maximum Gasteiger partial charge on any atom is 0.270 e. The van der Waals surface area contributed by atoms with Crippen molar-refractivity contribution in [2.24, 2.45) is 0 Å². The second-order valence-electron chi connectivity index (χ2n) is 7.65. The summed E-state index contributed by atoms with van der Waals surface area (Å²) in [6.07, 6.45) is 1.74. The van der Waals surface area contributed by atoms with Crippen LogP contribution in [0.25, 0.3) is 11.3 Å². The standard InChI is InChI=1S/C20H24N6O3S/c1-24-10-12-25(13-11-24)20-22-18(17(14-21)19(27)23-20)15-4-6-16(7-5-15)30(28,29)26-8-2-3-9-26/h4-7H,2-3,8-13H2,1H3,(H,22,23,27). The number of nitriles is 1. The molecule has 1 aromatic heterocycles. The number of rotatable bonds is 4. The molecule has 2 aromatic rings. The SMILES string of the molecule is CN1CCN(c2nc(-c3ccc(S(=O)(=O)N4CCCC4)cc3)c(C#N)c(=O)[nH]2)CC1. The van der Waals surface area contributed by atoms with Gasteiger partial charge in [0.25, 0.3) is 5.56 Å². The molecule has 0 amide bonds. The number of H-pyrrole nitrogens is 1. The van der Waals surface area contributed by atoms with E-state index in [-0.39, 0.29) is 16.2 Å². The van der Waals surface area contributed by atoms with E-state index < -0.39 is 15.6 Å². The molecule has 2 fully saturated rings. The van der Waals surface area contributed by atoms with Crippen molar-refractivity contribution >= 4 is 16.0 Å². The molecule has 1 N–H and O–H groups in total. The predicted octanol–water partition coefficient (Wildman–Crippen LogP) is 0.845. The van der Waals surface area contributed by atoms with Crippen LogP contribution >= 0.6 is 0 Å². The van der Waals surface area contributed by atoms with Crippen LogP contribution in [0.15, 0.2) is 34.0 Å². The van der Waals surface area contributed by atoms with Gasteiger partial charge in [0, 0.05) is 44.8 Å². The molecule has 0 atom stereocenters. The number of nitrogens with one attached hydrogen (secondary N) is 1. The fourth-order valence-electron chi connectivity index (χ4n) is 3.80. The van der Waals surface area contributed by atoms with Crippen molar-refractivity contribution in [1.82, 2.24) is 19.2 Å². The fourth-order valence-corrected chi connectivity index (χ4v) is 5.32. The number of benzene rings is 1. The van der Waals surface area contributed by atoms with Crippen molar-refractivity contribution in [3.63, 3.8) is 0 Å². The molecule has 3 heterocycles. The van der Waals surface area contributed by atoms with Crippen LogP contribution in [-0.2, 0) is 10.0 Å². The molecule has 30 heavy (non-hydrogen) atoms. The number of nitrogens with zero attached hydrogens (tertiary/aromatic N) is 5. The first-order chi connectivity index (χ1) is 14.4. The number of aromatic nitrogens is 2. The van der Waals surface area contributed by atoms with Crippen LogP contribution in [0.3, 0.4) is 0 Å². The molecular formula is C20H24N6O3S. The molecule has 2 aliphatic heterocycles. The molecule has 158 valence electrons. The number of piperazine rings is 1. The van der Waals surface area contributed by atoms with Gasteiger partial charge >= 0.3 is 0 Å². The molecule has 1 aromatic carbocycles.